The number of nitrogens with zero attached hydrogens (tertiary/aromatic N) is 1. The Labute approximate surface area is 116 Å². The number of aromatic nitrogens is 1. The molecule has 1 aromatic heterocycles. The highest BCUT2D eigenvalue weighted by Crippen LogP contribution is 2.51. The first-order valence-electron chi connectivity index (χ1n) is 7.22. The number of nitrogens with two attached hydrogens (primary N) is 1. The summed E-state index contributed by atoms with van der Waals surface area (Å²) in [5, 5.41) is 0. The molecule has 110 valence electrons. The minimum Gasteiger partial charge on any atom is -0.324 e. The molecule has 1 aromatic rings. The fraction of sp³-hybridized carbons (Fsp3) is 0.667. The van der Waals surface area contributed by atoms with Crippen molar-refractivity contribution in [2.75, 3.05) is 0 Å². The maximum absolute atomic E-state index is 13.0. The number of pyridine rings is 1. The van der Waals surface area contributed by atoms with E-state index in [0.29, 0.717) is 18.3 Å². The summed E-state index contributed by atoms with van der Waals surface area (Å²) in [6.45, 7) is 0. The zero-order chi connectivity index (χ0) is 14.3. The van der Waals surface area contributed by atoms with Gasteiger partial charge in [-0.25, -0.2) is 0 Å². The molecule has 2 saturated carbocycles. The van der Waals surface area contributed by atoms with Crippen LogP contribution in [-0.2, 0) is 6.18 Å². The largest absolute Gasteiger partial charge is 0.416 e. The predicted molar refractivity (Wildman–Crippen MR) is 69.7 cm³/mol. The minimum absolute atomic E-state index is 0.141. The topological polar surface area (TPSA) is 38.9 Å². The van der Waals surface area contributed by atoms with Gasteiger partial charge in [0.2, 0.25) is 0 Å². The van der Waals surface area contributed by atoms with Crippen LogP contribution in [0.1, 0.15) is 49.3 Å². The number of hydrogen-bond donors (Lipinski definition) is 1. The molecule has 20 heavy (non-hydrogen) atoms. The molecule has 2 N–H and O–H groups in total. The first kappa shape index (κ1) is 13.9. The van der Waals surface area contributed by atoms with Crippen molar-refractivity contribution in [2.24, 2.45) is 23.5 Å². The van der Waals surface area contributed by atoms with Crippen LogP contribution in [0.4, 0.5) is 13.2 Å². The van der Waals surface area contributed by atoms with Crippen molar-refractivity contribution in [1.82, 2.24) is 4.98 Å². The van der Waals surface area contributed by atoms with E-state index in [1.165, 1.54) is 31.7 Å². The van der Waals surface area contributed by atoms with Crippen molar-refractivity contribution in [1.29, 1.82) is 0 Å². The van der Waals surface area contributed by atoms with Crippen LogP contribution < -0.4 is 5.73 Å². The van der Waals surface area contributed by atoms with Crippen LogP contribution in [0, 0.1) is 17.8 Å². The maximum atomic E-state index is 13.0. The summed E-state index contributed by atoms with van der Waals surface area (Å²) in [6.07, 6.45) is 3.65. The molecule has 0 aliphatic heterocycles. The fourth-order valence-electron chi connectivity index (χ4n) is 4.08. The van der Waals surface area contributed by atoms with Gasteiger partial charge in [-0.15, -0.1) is 0 Å². The van der Waals surface area contributed by atoms with E-state index in [2.05, 4.69) is 4.98 Å². The Bertz CT molecular complexity index is 486. The monoisotopic (exact) mass is 284 g/mol. The van der Waals surface area contributed by atoms with Gasteiger partial charge in [0.05, 0.1) is 5.56 Å². The molecular weight excluding hydrogens is 265 g/mol. The summed E-state index contributed by atoms with van der Waals surface area (Å²) < 4.78 is 39.0. The van der Waals surface area contributed by atoms with Crippen molar-refractivity contribution in [2.45, 2.75) is 44.3 Å². The zero-order valence-electron chi connectivity index (χ0n) is 11.2. The van der Waals surface area contributed by atoms with Crippen LogP contribution >= 0.6 is 0 Å². The third kappa shape index (κ3) is 2.55. The van der Waals surface area contributed by atoms with Gasteiger partial charge < -0.3 is 5.73 Å². The van der Waals surface area contributed by atoms with Crippen LogP contribution in [0.2, 0.25) is 0 Å². The Morgan fingerprint density at radius 3 is 2.70 bits per heavy atom. The normalized spacial score (nSPS) is 30.7. The quantitative estimate of drug-likeness (QED) is 0.913. The van der Waals surface area contributed by atoms with Gasteiger partial charge in [-0.3, -0.25) is 4.98 Å². The second-order valence-corrected chi connectivity index (χ2v) is 6.24. The van der Waals surface area contributed by atoms with E-state index in [4.69, 9.17) is 5.73 Å². The van der Waals surface area contributed by atoms with Gasteiger partial charge in [0, 0.05) is 18.4 Å². The standard InChI is InChI=1S/C15H19F3N2/c16-15(17,18)13-3-4-20-8-12(13)14(19)7-11-6-9-1-2-10(11)5-9/h3-4,8-11,14H,1-2,5-7,19H2. The van der Waals surface area contributed by atoms with Gasteiger partial charge in [0.1, 0.15) is 0 Å². The first-order valence-corrected chi connectivity index (χ1v) is 7.22. The lowest BCUT2D eigenvalue weighted by Gasteiger charge is -2.26. The first-order chi connectivity index (χ1) is 9.45. The molecule has 5 heteroatoms. The molecule has 2 aliphatic carbocycles. The Hall–Kier alpha value is -1.10. The van der Waals surface area contributed by atoms with Crippen LogP contribution in [0.15, 0.2) is 18.5 Å². The second kappa shape index (κ2) is 5.02. The molecule has 2 nitrogen and oxygen atoms in total. The molecule has 3 rings (SSSR count). The SMILES string of the molecule is NC(CC1CC2CCC1C2)c1cnccc1C(F)(F)F. The van der Waals surface area contributed by atoms with Crippen molar-refractivity contribution >= 4 is 0 Å². The molecule has 2 fully saturated rings. The molecule has 4 atom stereocenters. The van der Waals surface area contributed by atoms with E-state index in [9.17, 15) is 13.2 Å². The van der Waals surface area contributed by atoms with E-state index in [1.807, 2.05) is 0 Å². The summed E-state index contributed by atoms with van der Waals surface area (Å²) in [7, 11) is 0. The number of fused-ring (bicyclic) bond motifs is 2. The van der Waals surface area contributed by atoms with Gasteiger partial charge in [0.15, 0.2) is 0 Å². The van der Waals surface area contributed by atoms with Gasteiger partial charge >= 0.3 is 6.18 Å². The van der Waals surface area contributed by atoms with E-state index in [-0.39, 0.29) is 5.56 Å². The lowest BCUT2D eigenvalue weighted by atomic mass is 9.82. The van der Waals surface area contributed by atoms with Gasteiger partial charge in [-0.2, -0.15) is 13.2 Å². The van der Waals surface area contributed by atoms with Crippen LogP contribution in [0.3, 0.4) is 0 Å². The molecule has 0 spiro atoms. The smallest absolute Gasteiger partial charge is 0.324 e. The molecule has 0 amide bonds. The molecule has 1 heterocycles. The molecule has 2 bridgehead atoms. The third-order valence-electron chi connectivity index (χ3n) is 5.00. The van der Waals surface area contributed by atoms with Crippen molar-refractivity contribution in [3.8, 4) is 0 Å². The summed E-state index contributed by atoms with van der Waals surface area (Å²) in [5.74, 6) is 1.95. The van der Waals surface area contributed by atoms with E-state index in [1.54, 1.807) is 0 Å². The molecule has 0 saturated heterocycles. The van der Waals surface area contributed by atoms with Gasteiger partial charge in [-0.05, 0) is 55.1 Å². The van der Waals surface area contributed by atoms with E-state index in [0.717, 1.165) is 18.4 Å². The molecule has 2 aliphatic rings. The summed E-state index contributed by atoms with van der Waals surface area (Å²) in [4.78, 5) is 3.82. The second-order valence-electron chi connectivity index (χ2n) is 6.24. The summed E-state index contributed by atoms with van der Waals surface area (Å²) in [6, 6.07) is 0.459. The average Bonchev–Trinajstić information content (AvgIpc) is 3.00. The number of alkyl halides is 3. The number of hydrogen-bond acceptors (Lipinski definition) is 2. The highest BCUT2D eigenvalue weighted by atomic mass is 19.4. The Morgan fingerprint density at radius 2 is 2.10 bits per heavy atom. The van der Waals surface area contributed by atoms with E-state index < -0.39 is 17.8 Å². The predicted octanol–water partition coefficient (Wildman–Crippen LogP) is 3.93. The third-order valence-corrected chi connectivity index (χ3v) is 5.00. The zero-order valence-corrected chi connectivity index (χ0v) is 11.2. The van der Waals surface area contributed by atoms with Gasteiger partial charge in [-0.1, -0.05) is 6.42 Å². The van der Waals surface area contributed by atoms with Gasteiger partial charge in [0.25, 0.3) is 0 Å². The van der Waals surface area contributed by atoms with E-state index >= 15 is 0 Å². The Balaban J connectivity index is 1.76. The summed E-state index contributed by atoms with van der Waals surface area (Å²) >= 11 is 0. The van der Waals surface area contributed by atoms with Crippen molar-refractivity contribution in [3.63, 3.8) is 0 Å². The number of halogens is 3. The minimum atomic E-state index is -4.36. The summed E-state index contributed by atoms with van der Waals surface area (Å²) in [5.41, 5.74) is 5.57. The maximum Gasteiger partial charge on any atom is 0.416 e. The van der Waals surface area contributed by atoms with Crippen molar-refractivity contribution in [3.05, 3.63) is 29.6 Å². The molecule has 4 unspecified atom stereocenters. The average molecular weight is 284 g/mol. The Kier molecular flexibility index (Phi) is 3.48. The van der Waals surface area contributed by atoms with Crippen LogP contribution in [0.5, 0.6) is 0 Å². The molecule has 0 aromatic carbocycles. The number of rotatable bonds is 3. The van der Waals surface area contributed by atoms with Crippen LogP contribution in [0.25, 0.3) is 0 Å². The molecule has 0 radical (unpaired) electrons. The fourth-order valence-corrected chi connectivity index (χ4v) is 4.08. The highest BCUT2D eigenvalue weighted by Gasteiger charge is 2.41. The lowest BCUT2D eigenvalue weighted by Crippen LogP contribution is -2.22. The molecular formula is C15H19F3N2. The Morgan fingerprint density at radius 1 is 1.30 bits per heavy atom. The highest BCUT2D eigenvalue weighted by molar-refractivity contribution is 5.29. The van der Waals surface area contributed by atoms with Crippen molar-refractivity contribution < 1.29 is 13.2 Å². The lowest BCUT2D eigenvalue weighted by molar-refractivity contribution is -0.138. The van der Waals surface area contributed by atoms with Crippen LogP contribution in [-0.4, -0.2) is 4.98 Å².